The first-order valence-electron chi connectivity index (χ1n) is 4.23. The number of ether oxygens (including phenoxy) is 1. The minimum absolute atomic E-state index is 0.0424. The molecule has 0 bridgehead atoms. The van der Waals surface area contributed by atoms with Crippen molar-refractivity contribution in [3.8, 4) is 0 Å². The van der Waals surface area contributed by atoms with Gasteiger partial charge in [-0.25, -0.2) is 0 Å². The molecule has 13 heavy (non-hydrogen) atoms. The van der Waals surface area contributed by atoms with Crippen molar-refractivity contribution in [2.45, 2.75) is 12.5 Å². The van der Waals surface area contributed by atoms with Crippen LogP contribution in [-0.2, 0) is 9.53 Å². The Hall–Kier alpha value is -0.650. The van der Waals surface area contributed by atoms with Gasteiger partial charge in [-0.3, -0.25) is 4.79 Å². The third-order valence-corrected chi connectivity index (χ3v) is 1.76. The molecule has 0 saturated heterocycles. The number of carbonyl (C=O) groups excluding carboxylic acids is 1. The lowest BCUT2D eigenvalue weighted by atomic mass is 10.2. The van der Waals surface area contributed by atoms with Gasteiger partial charge in [0.1, 0.15) is 0 Å². The molecule has 0 heterocycles. The molecule has 3 N–H and O–H groups in total. The number of hydrogen-bond acceptors (Lipinski definition) is 4. The summed E-state index contributed by atoms with van der Waals surface area (Å²) in [5.74, 6) is -0.161. The molecule has 0 fully saturated rings. The number of carbonyl (C=O) groups is 1. The first kappa shape index (κ1) is 12.3. The van der Waals surface area contributed by atoms with Crippen molar-refractivity contribution in [2.75, 3.05) is 33.9 Å². The molecular formula is C8H18N2O3. The Balaban J connectivity index is 3.79. The summed E-state index contributed by atoms with van der Waals surface area (Å²) in [5, 5.41) is 8.58. The number of nitrogens with zero attached hydrogens (tertiary/aromatic N) is 1. The number of rotatable bonds is 6. The van der Waals surface area contributed by atoms with Crippen molar-refractivity contribution in [1.29, 1.82) is 0 Å². The monoisotopic (exact) mass is 190 g/mol. The summed E-state index contributed by atoms with van der Waals surface area (Å²) in [6.45, 7) is 0.749. The van der Waals surface area contributed by atoms with Crippen LogP contribution in [0, 0.1) is 0 Å². The minimum atomic E-state index is -0.531. The summed E-state index contributed by atoms with van der Waals surface area (Å²) < 4.78 is 4.80. The summed E-state index contributed by atoms with van der Waals surface area (Å²) in [4.78, 5) is 12.8. The highest BCUT2D eigenvalue weighted by Crippen LogP contribution is 1.94. The van der Waals surface area contributed by atoms with Crippen LogP contribution in [0.15, 0.2) is 0 Å². The number of aliphatic hydroxyl groups is 1. The molecule has 0 aromatic heterocycles. The van der Waals surface area contributed by atoms with Gasteiger partial charge >= 0.3 is 0 Å². The predicted octanol–water partition coefficient (Wildman–Crippen LogP) is -1.20. The average molecular weight is 190 g/mol. The van der Waals surface area contributed by atoms with Gasteiger partial charge in [-0.15, -0.1) is 0 Å². The molecular weight excluding hydrogens is 172 g/mol. The van der Waals surface area contributed by atoms with E-state index in [4.69, 9.17) is 15.6 Å². The second-order valence-corrected chi connectivity index (χ2v) is 2.87. The van der Waals surface area contributed by atoms with E-state index in [1.165, 1.54) is 4.90 Å². The lowest BCUT2D eigenvalue weighted by molar-refractivity contribution is -0.132. The molecule has 0 aliphatic rings. The van der Waals surface area contributed by atoms with E-state index in [-0.39, 0.29) is 12.5 Å². The van der Waals surface area contributed by atoms with Crippen LogP contribution >= 0.6 is 0 Å². The zero-order valence-electron chi connectivity index (χ0n) is 8.19. The van der Waals surface area contributed by atoms with Gasteiger partial charge in [0, 0.05) is 27.3 Å². The Morgan fingerprint density at radius 3 is 2.77 bits per heavy atom. The normalized spacial score (nSPS) is 12.6. The summed E-state index contributed by atoms with van der Waals surface area (Å²) in [5.41, 5.74) is 5.58. The van der Waals surface area contributed by atoms with Crippen LogP contribution in [0.25, 0.3) is 0 Å². The van der Waals surface area contributed by atoms with Crippen molar-refractivity contribution in [3.63, 3.8) is 0 Å². The van der Waals surface area contributed by atoms with E-state index < -0.39 is 6.04 Å². The fourth-order valence-electron chi connectivity index (χ4n) is 0.912. The van der Waals surface area contributed by atoms with E-state index in [0.717, 1.165) is 0 Å². The Kier molecular flexibility index (Phi) is 6.48. The Labute approximate surface area is 78.5 Å². The molecule has 0 rings (SSSR count). The third-order valence-electron chi connectivity index (χ3n) is 1.76. The molecule has 0 aliphatic heterocycles. The van der Waals surface area contributed by atoms with Crippen LogP contribution in [0.2, 0.25) is 0 Å². The molecule has 0 aromatic carbocycles. The molecule has 1 atom stereocenters. The topological polar surface area (TPSA) is 75.8 Å². The largest absolute Gasteiger partial charge is 0.395 e. The molecule has 5 nitrogen and oxygen atoms in total. The van der Waals surface area contributed by atoms with E-state index in [1.807, 2.05) is 0 Å². The molecule has 1 amide bonds. The van der Waals surface area contributed by atoms with Crippen molar-refractivity contribution < 1.29 is 14.6 Å². The first-order valence-corrected chi connectivity index (χ1v) is 4.23. The number of methoxy groups -OCH3 is 1. The molecule has 0 aromatic rings. The lowest BCUT2D eigenvalue weighted by Crippen LogP contribution is -2.43. The molecule has 5 heteroatoms. The van der Waals surface area contributed by atoms with Gasteiger partial charge in [0.25, 0.3) is 0 Å². The summed E-state index contributed by atoms with van der Waals surface area (Å²) in [7, 11) is 3.18. The van der Waals surface area contributed by atoms with Crippen molar-refractivity contribution in [2.24, 2.45) is 5.73 Å². The highest BCUT2D eigenvalue weighted by molar-refractivity contribution is 5.81. The van der Waals surface area contributed by atoms with Crippen LogP contribution < -0.4 is 5.73 Å². The number of nitrogens with two attached hydrogens (primary N) is 1. The number of amides is 1. The highest BCUT2D eigenvalue weighted by atomic mass is 16.5. The van der Waals surface area contributed by atoms with Crippen LogP contribution in [0.1, 0.15) is 6.42 Å². The van der Waals surface area contributed by atoms with Gasteiger partial charge in [-0.1, -0.05) is 0 Å². The van der Waals surface area contributed by atoms with E-state index in [1.54, 1.807) is 14.2 Å². The molecule has 78 valence electrons. The van der Waals surface area contributed by atoms with Gasteiger partial charge in [0.15, 0.2) is 0 Å². The van der Waals surface area contributed by atoms with Crippen LogP contribution in [0.5, 0.6) is 0 Å². The maximum atomic E-state index is 11.4. The quantitative estimate of drug-likeness (QED) is 0.551. The number of hydrogen-bond donors (Lipinski definition) is 2. The van der Waals surface area contributed by atoms with Crippen LogP contribution in [0.3, 0.4) is 0 Å². The lowest BCUT2D eigenvalue weighted by Gasteiger charge is -2.19. The van der Waals surface area contributed by atoms with Gasteiger partial charge in [0.2, 0.25) is 5.91 Å². The van der Waals surface area contributed by atoms with E-state index in [0.29, 0.717) is 19.6 Å². The van der Waals surface area contributed by atoms with Crippen molar-refractivity contribution in [1.82, 2.24) is 4.90 Å². The number of aliphatic hydroxyl groups excluding tert-OH is 1. The SMILES string of the molecule is COCCC(N)C(=O)N(C)CCO. The van der Waals surface area contributed by atoms with Gasteiger partial charge in [-0.05, 0) is 6.42 Å². The van der Waals surface area contributed by atoms with E-state index in [9.17, 15) is 4.79 Å². The second-order valence-electron chi connectivity index (χ2n) is 2.87. The second kappa shape index (κ2) is 6.82. The zero-order valence-corrected chi connectivity index (χ0v) is 8.19. The molecule has 0 aliphatic carbocycles. The number of likely N-dealkylation sites (N-methyl/N-ethyl adjacent to an activating group) is 1. The fraction of sp³-hybridized carbons (Fsp3) is 0.875. The third kappa shape index (κ3) is 4.82. The van der Waals surface area contributed by atoms with Crippen LogP contribution in [-0.4, -0.2) is 55.9 Å². The van der Waals surface area contributed by atoms with Crippen molar-refractivity contribution in [3.05, 3.63) is 0 Å². The molecule has 0 spiro atoms. The average Bonchev–Trinajstić information content (AvgIpc) is 2.13. The van der Waals surface area contributed by atoms with Crippen LogP contribution in [0.4, 0.5) is 0 Å². The van der Waals surface area contributed by atoms with Gasteiger partial charge in [-0.2, -0.15) is 0 Å². The summed E-state index contributed by atoms with van der Waals surface area (Å²) in [6.07, 6.45) is 0.505. The van der Waals surface area contributed by atoms with E-state index >= 15 is 0 Å². The smallest absolute Gasteiger partial charge is 0.239 e. The molecule has 0 radical (unpaired) electrons. The Bertz CT molecular complexity index is 152. The van der Waals surface area contributed by atoms with E-state index in [2.05, 4.69) is 0 Å². The fourth-order valence-corrected chi connectivity index (χ4v) is 0.912. The zero-order chi connectivity index (χ0) is 10.3. The van der Waals surface area contributed by atoms with Gasteiger partial charge in [0.05, 0.1) is 12.6 Å². The van der Waals surface area contributed by atoms with Crippen molar-refractivity contribution >= 4 is 5.91 Å². The summed E-state index contributed by atoms with van der Waals surface area (Å²) in [6, 6.07) is -0.531. The standard InChI is InChI=1S/C8H18N2O3/c1-10(4-5-11)8(12)7(9)3-6-13-2/h7,11H,3-6,9H2,1-2H3. The van der Waals surface area contributed by atoms with Gasteiger partial charge < -0.3 is 20.5 Å². The maximum Gasteiger partial charge on any atom is 0.239 e. The maximum absolute atomic E-state index is 11.4. The summed E-state index contributed by atoms with van der Waals surface area (Å²) >= 11 is 0. The minimum Gasteiger partial charge on any atom is -0.395 e. The Morgan fingerprint density at radius 1 is 1.69 bits per heavy atom. The Morgan fingerprint density at radius 2 is 2.31 bits per heavy atom. The highest BCUT2D eigenvalue weighted by Gasteiger charge is 2.16. The first-order chi connectivity index (χ1) is 6.13. The predicted molar refractivity (Wildman–Crippen MR) is 49.2 cm³/mol. The molecule has 1 unspecified atom stereocenters. The molecule has 0 saturated carbocycles.